The molecule has 0 amide bonds. The van der Waals surface area contributed by atoms with E-state index in [1.807, 2.05) is 13.8 Å². The first-order valence-electron chi connectivity index (χ1n) is 9.29. The average Bonchev–Trinajstić information content (AvgIpc) is 3.08. The Bertz CT molecular complexity index is 1030. The van der Waals surface area contributed by atoms with Gasteiger partial charge in [0.2, 0.25) is 5.90 Å². The fourth-order valence-corrected chi connectivity index (χ4v) is 3.27. The van der Waals surface area contributed by atoms with E-state index in [2.05, 4.69) is 20.9 Å². The molecule has 0 saturated heterocycles. The number of nitro benzene ring substituents is 1. The van der Waals surface area contributed by atoms with Crippen LogP contribution in [0.15, 0.2) is 51.6 Å². The van der Waals surface area contributed by atoms with Gasteiger partial charge < -0.3 is 14.2 Å². The molecule has 2 aromatic carbocycles. The van der Waals surface area contributed by atoms with E-state index in [1.165, 1.54) is 24.3 Å². The number of ether oxygens (including phenoxy) is 3. The molecule has 0 fully saturated rings. The molecule has 0 bridgehead atoms. The molecule has 0 unspecified atom stereocenters. The van der Waals surface area contributed by atoms with Crippen molar-refractivity contribution in [1.29, 1.82) is 0 Å². The van der Waals surface area contributed by atoms with Gasteiger partial charge in [0.05, 0.1) is 22.6 Å². The summed E-state index contributed by atoms with van der Waals surface area (Å²) in [7, 11) is 0. The van der Waals surface area contributed by atoms with Gasteiger partial charge in [0, 0.05) is 17.7 Å². The average molecular weight is 475 g/mol. The summed E-state index contributed by atoms with van der Waals surface area (Å²) in [6.45, 7) is 4.89. The molecule has 3 rings (SSSR count). The summed E-state index contributed by atoms with van der Waals surface area (Å²) in [4.78, 5) is 26.8. The van der Waals surface area contributed by atoms with Gasteiger partial charge >= 0.3 is 5.97 Å². The predicted octanol–water partition coefficient (Wildman–Crippen LogP) is 4.89. The van der Waals surface area contributed by atoms with Crippen molar-refractivity contribution in [3.8, 4) is 11.5 Å². The highest BCUT2D eigenvalue weighted by molar-refractivity contribution is 9.10. The van der Waals surface area contributed by atoms with Crippen molar-refractivity contribution in [2.75, 3.05) is 13.2 Å². The summed E-state index contributed by atoms with van der Waals surface area (Å²) < 4.78 is 17.4. The van der Waals surface area contributed by atoms with Crippen molar-refractivity contribution in [3.63, 3.8) is 0 Å². The lowest BCUT2D eigenvalue weighted by Crippen LogP contribution is -2.05. The van der Waals surface area contributed by atoms with Gasteiger partial charge in [-0.3, -0.25) is 10.1 Å². The van der Waals surface area contributed by atoms with Crippen LogP contribution in [-0.4, -0.2) is 30.0 Å². The van der Waals surface area contributed by atoms with E-state index in [0.29, 0.717) is 40.3 Å². The lowest BCUT2D eigenvalue weighted by Gasteiger charge is -2.14. The topological polar surface area (TPSA) is 100 Å². The summed E-state index contributed by atoms with van der Waals surface area (Å²) in [5.74, 6) is 0.639. The monoisotopic (exact) mass is 474 g/mol. The minimum absolute atomic E-state index is 0.0573. The molecule has 30 heavy (non-hydrogen) atoms. The molecule has 0 saturated carbocycles. The van der Waals surface area contributed by atoms with Crippen LogP contribution in [0, 0.1) is 10.1 Å². The van der Waals surface area contributed by atoms with Crippen LogP contribution in [0.2, 0.25) is 0 Å². The number of hydrogen-bond donors (Lipinski definition) is 0. The van der Waals surface area contributed by atoms with Crippen LogP contribution < -0.4 is 9.47 Å². The number of halogens is 1. The fourth-order valence-electron chi connectivity index (χ4n) is 2.69. The molecular formula is C21H19BrN2O6. The van der Waals surface area contributed by atoms with Crippen molar-refractivity contribution in [2.24, 2.45) is 4.99 Å². The second kappa shape index (κ2) is 9.53. The Labute approximate surface area is 181 Å². The van der Waals surface area contributed by atoms with Gasteiger partial charge in [-0.25, -0.2) is 9.79 Å². The zero-order valence-electron chi connectivity index (χ0n) is 16.4. The number of carbonyl (C=O) groups is 1. The lowest BCUT2D eigenvalue weighted by atomic mass is 10.1. The van der Waals surface area contributed by atoms with E-state index in [-0.39, 0.29) is 17.3 Å². The van der Waals surface area contributed by atoms with Crippen LogP contribution in [0.5, 0.6) is 11.5 Å². The fraction of sp³-hybridized carbons (Fsp3) is 0.238. The quantitative estimate of drug-likeness (QED) is 0.233. The third-order valence-corrected chi connectivity index (χ3v) is 4.62. The lowest BCUT2D eigenvalue weighted by molar-refractivity contribution is -0.384. The minimum Gasteiger partial charge on any atom is -0.490 e. The molecular weight excluding hydrogens is 456 g/mol. The summed E-state index contributed by atoms with van der Waals surface area (Å²) in [5, 5.41) is 10.8. The third-order valence-electron chi connectivity index (χ3n) is 4.03. The molecule has 0 aromatic heterocycles. The number of non-ortho nitro benzene ring substituents is 1. The molecule has 1 aliphatic rings. The molecule has 0 N–H and O–H groups in total. The van der Waals surface area contributed by atoms with E-state index in [0.717, 1.165) is 6.42 Å². The Morgan fingerprint density at radius 3 is 2.57 bits per heavy atom. The molecule has 0 radical (unpaired) electrons. The molecule has 2 aromatic rings. The van der Waals surface area contributed by atoms with Crippen LogP contribution in [0.3, 0.4) is 0 Å². The number of nitrogens with zero attached hydrogens (tertiary/aromatic N) is 2. The highest BCUT2D eigenvalue weighted by Crippen LogP contribution is 2.38. The van der Waals surface area contributed by atoms with Crippen molar-refractivity contribution < 1.29 is 23.9 Å². The first-order chi connectivity index (χ1) is 14.4. The second-order valence-electron chi connectivity index (χ2n) is 6.25. The molecule has 0 aliphatic carbocycles. The molecule has 0 atom stereocenters. The number of benzene rings is 2. The summed E-state index contributed by atoms with van der Waals surface area (Å²) in [6.07, 6.45) is 2.44. The van der Waals surface area contributed by atoms with Gasteiger partial charge in [-0.1, -0.05) is 6.92 Å². The molecule has 1 aliphatic heterocycles. The molecule has 8 nitrogen and oxygen atoms in total. The van der Waals surface area contributed by atoms with Gasteiger partial charge in [0.25, 0.3) is 5.69 Å². The maximum Gasteiger partial charge on any atom is 0.363 e. The van der Waals surface area contributed by atoms with Gasteiger partial charge in [-0.15, -0.1) is 0 Å². The Morgan fingerprint density at radius 2 is 1.93 bits per heavy atom. The predicted molar refractivity (Wildman–Crippen MR) is 115 cm³/mol. The Morgan fingerprint density at radius 1 is 1.20 bits per heavy atom. The first kappa shape index (κ1) is 21.5. The number of aliphatic imine (C=N–C) groups is 1. The van der Waals surface area contributed by atoms with Gasteiger partial charge in [-0.2, -0.15) is 0 Å². The maximum atomic E-state index is 12.3. The second-order valence-corrected chi connectivity index (χ2v) is 7.11. The van der Waals surface area contributed by atoms with Crippen LogP contribution >= 0.6 is 15.9 Å². The zero-order chi connectivity index (χ0) is 21.7. The van der Waals surface area contributed by atoms with Crippen molar-refractivity contribution in [1.82, 2.24) is 0 Å². The third kappa shape index (κ3) is 4.85. The number of nitro groups is 1. The van der Waals surface area contributed by atoms with E-state index in [4.69, 9.17) is 14.2 Å². The van der Waals surface area contributed by atoms with Crippen LogP contribution in [-0.2, 0) is 9.53 Å². The van der Waals surface area contributed by atoms with Gasteiger partial charge in [0.15, 0.2) is 17.2 Å². The largest absolute Gasteiger partial charge is 0.490 e. The Kier molecular flexibility index (Phi) is 6.83. The van der Waals surface area contributed by atoms with Gasteiger partial charge in [-0.05, 0) is 65.2 Å². The van der Waals surface area contributed by atoms with E-state index in [1.54, 1.807) is 18.2 Å². The zero-order valence-corrected chi connectivity index (χ0v) is 18.0. The standard InChI is InChI=1S/C21H19BrN2O6/c1-3-9-29-19-16(22)10-13(12-18(19)28-4-2)11-17-21(25)30-20(23-17)14-5-7-15(8-6-14)24(26)27/h5-8,10-12H,3-4,9H2,1-2H3/b17-11-. The highest BCUT2D eigenvalue weighted by Gasteiger charge is 2.25. The number of esters is 1. The van der Waals surface area contributed by atoms with Crippen molar-refractivity contribution in [3.05, 3.63) is 67.8 Å². The van der Waals surface area contributed by atoms with Gasteiger partial charge in [0.1, 0.15) is 0 Å². The van der Waals surface area contributed by atoms with Crippen molar-refractivity contribution >= 4 is 39.6 Å². The molecule has 9 heteroatoms. The molecule has 0 spiro atoms. The maximum absolute atomic E-state index is 12.3. The number of hydrogen-bond acceptors (Lipinski definition) is 7. The normalized spacial score (nSPS) is 14.4. The first-order valence-corrected chi connectivity index (χ1v) is 10.1. The minimum atomic E-state index is -0.608. The SMILES string of the molecule is CCCOc1c(Br)cc(/C=C2\N=C(c3ccc([N+](=O)[O-])cc3)OC2=O)cc1OCC. The summed E-state index contributed by atoms with van der Waals surface area (Å²) in [5.41, 5.74) is 1.20. The summed E-state index contributed by atoms with van der Waals surface area (Å²) in [6, 6.07) is 9.18. The van der Waals surface area contributed by atoms with Crippen LogP contribution in [0.1, 0.15) is 31.4 Å². The number of carbonyl (C=O) groups excluding carboxylic acids is 1. The molecule has 1 heterocycles. The summed E-state index contributed by atoms with van der Waals surface area (Å²) >= 11 is 3.49. The Balaban J connectivity index is 1.91. The van der Waals surface area contributed by atoms with Crippen LogP contribution in [0.25, 0.3) is 6.08 Å². The van der Waals surface area contributed by atoms with E-state index >= 15 is 0 Å². The molecule has 156 valence electrons. The highest BCUT2D eigenvalue weighted by atomic mass is 79.9. The smallest absolute Gasteiger partial charge is 0.363 e. The van der Waals surface area contributed by atoms with Crippen LogP contribution in [0.4, 0.5) is 5.69 Å². The van der Waals surface area contributed by atoms with E-state index in [9.17, 15) is 14.9 Å². The number of rotatable bonds is 8. The Hall–Kier alpha value is -3.20. The number of cyclic esters (lactones) is 1. The van der Waals surface area contributed by atoms with E-state index < -0.39 is 10.9 Å². The van der Waals surface area contributed by atoms with Crippen molar-refractivity contribution in [2.45, 2.75) is 20.3 Å².